The quantitative estimate of drug-likeness (QED) is 0.705. The molecule has 0 saturated carbocycles. The summed E-state index contributed by atoms with van der Waals surface area (Å²) in [4.78, 5) is 7.49. The summed E-state index contributed by atoms with van der Waals surface area (Å²) < 4.78 is 1.85. The molecule has 0 aliphatic carbocycles. The number of imidazole rings is 2. The number of rotatable bonds is 4. The van der Waals surface area contributed by atoms with Crippen molar-refractivity contribution in [3.63, 3.8) is 0 Å². The van der Waals surface area contributed by atoms with Crippen LogP contribution in [0.15, 0.2) is 30.6 Å². The number of nitrogens with zero attached hydrogens (tertiary/aromatic N) is 4. The fraction of sp³-hybridized carbons (Fsp3) is 0.381. The Labute approximate surface area is 159 Å². The standard InChI is InChI=1S/C21H24N6/c1-20(2,3)12-21(4,5)26-19-17(15-9-7-6-8-14(15)10-22)25-18-16(11-23)24-13-27(18)19/h6-9,13,25-26H,12H2,1-5H3. The van der Waals surface area contributed by atoms with Gasteiger partial charge in [-0.3, -0.25) is 4.40 Å². The summed E-state index contributed by atoms with van der Waals surface area (Å²) >= 11 is 0. The van der Waals surface area contributed by atoms with E-state index in [-0.39, 0.29) is 11.0 Å². The number of benzene rings is 1. The second kappa shape index (κ2) is 6.48. The van der Waals surface area contributed by atoms with E-state index in [0.29, 0.717) is 16.9 Å². The van der Waals surface area contributed by atoms with Crippen LogP contribution in [0.4, 0.5) is 5.82 Å². The van der Waals surface area contributed by atoms with E-state index >= 15 is 0 Å². The molecule has 2 heterocycles. The molecule has 2 aromatic heterocycles. The van der Waals surface area contributed by atoms with E-state index in [2.05, 4.69) is 62.0 Å². The fourth-order valence-electron chi connectivity index (χ4n) is 3.82. The van der Waals surface area contributed by atoms with E-state index in [0.717, 1.165) is 23.5 Å². The first kappa shape index (κ1) is 18.5. The Kier molecular flexibility index (Phi) is 4.45. The van der Waals surface area contributed by atoms with Gasteiger partial charge in [0.15, 0.2) is 11.3 Å². The van der Waals surface area contributed by atoms with Gasteiger partial charge in [-0.1, -0.05) is 39.0 Å². The molecule has 27 heavy (non-hydrogen) atoms. The predicted molar refractivity (Wildman–Crippen MR) is 106 cm³/mol. The Morgan fingerprint density at radius 2 is 1.81 bits per heavy atom. The summed E-state index contributed by atoms with van der Waals surface area (Å²) in [6, 6.07) is 11.8. The normalized spacial score (nSPS) is 12.0. The number of hydrogen-bond acceptors (Lipinski definition) is 4. The van der Waals surface area contributed by atoms with Gasteiger partial charge in [-0.15, -0.1) is 0 Å². The number of nitriles is 2. The topological polar surface area (TPSA) is 92.7 Å². The Balaban J connectivity index is 2.20. The highest BCUT2D eigenvalue weighted by Crippen LogP contribution is 2.36. The molecule has 0 amide bonds. The molecule has 6 nitrogen and oxygen atoms in total. The van der Waals surface area contributed by atoms with Gasteiger partial charge in [0.1, 0.15) is 18.2 Å². The van der Waals surface area contributed by atoms with Crippen molar-refractivity contribution in [2.45, 2.75) is 46.6 Å². The van der Waals surface area contributed by atoms with Gasteiger partial charge in [0, 0.05) is 11.1 Å². The third-order valence-corrected chi connectivity index (χ3v) is 4.34. The van der Waals surface area contributed by atoms with Crippen LogP contribution in [-0.2, 0) is 0 Å². The first-order chi connectivity index (χ1) is 12.6. The number of nitrogens with one attached hydrogen (secondary N) is 2. The van der Waals surface area contributed by atoms with Crippen molar-refractivity contribution in [2.75, 3.05) is 5.32 Å². The van der Waals surface area contributed by atoms with Crippen molar-refractivity contribution >= 4 is 11.5 Å². The monoisotopic (exact) mass is 360 g/mol. The zero-order valence-electron chi connectivity index (χ0n) is 16.4. The summed E-state index contributed by atoms with van der Waals surface area (Å²) in [5.74, 6) is 0.802. The summed E-state index contributed by atoms with van der Waals surface area (Å²) in [7, 11) is 0. The predicted octanol–water partition coefficient (Wildman–Crippen LogP) is 4.70. The second-order valence-electron chi connectivity index (χ2n) is 8.68. The number of aromatic nitrogens is 3. The molecule has 0 saturated heterocycles. The van der Waals surface area contributed by atoms with Crippen LogP contribution >= 0.6 is 0 Å². The first-order valence-electron chi connectivity index (χ1n) is 8.92. The van der Waals surface area contributed by atoms with Crippen LogP contribution in [0.3, 0.4) is 0 Å². The van der Waals surface area contributed by atoms with E-state index in [9.17, 15) is 10.5 Å². The van der Waals surface area contributed by atoms with E-state index in [1.807, 2.05) is 22.6 Å². The molecule has 138 valence electrons. The highest BCUT2D eigenvalue weighted by Gasteiger charge is 2.28. The molecule has 3 rings (SSSR count). The smallest absolute Gasteiger partial charge is 0.183 e. The summed E-state index contributed by atoms with van der Waals surface area (Å²) in [5.41, 5.74) is 3.03. The molecule has 0 radical (unpaired) electrons. The lowest BCUT2D eigenvalue weighted by atomic mass is 9.82. The van der Waals surface area contributed by atoms with Gasteiger partial charge >= 0.3 is 0 Å². The first-order valence-corrected chi connectivity index (χ1v) is 8.92. The van der Waals surface area contributed by atoms with E-state index in [4.69, 9.17) is 0 Å². The number of anilines is 1. The van der Waals surface area contributed by atoms with Crippen LogP contribution in [-0.4, -0.2) is 19.9 Å². The van der Waals surface area contributed by atoms with Crippen molar-refractivity contribution in [1.82, 2.24) is 14.4 Å². The van der Waals surface area contributed by atoms with Crippen molar-refractivity contribution in [1.29, 1.82) is 10.5 Å². The number of hydrogen-bond donors (Lipinski definition) is 2. The maximum absolute atomic E-state index is 9.53. The molecule has 0 unspecified atom stereocenters. The Morgan fingerprint density at radius 1 is 1.11 bits per heavy atom. The third kappa shape index (κ3) is 3.66. The lowest BCUT2D eigenvalue weighted by Crippen LogP contribution is -2.36. The molecule has 0 aliphatic heterocycles. The van der Waals surface area contributed by atoms with Gasteiger partial charge in [0.2, 0.25) is 0 Å². The second-order valence-corrected chi connectivity index (χ2v) is 8.68. The van der Waals surface area contributed by atoms with Gasteiger partial charge in [0.05, 0.1) is 17.3 Å². The molecule has 1 aromatic carbocycles. The van der Waals surface area contributed by atoms with Crippen molar-refractivity contribution in [3.8, 4) is 23.4 Å². The molecule has 0 bridgehead atoms. The summed E-state index contributed by atoms with van der Waals surface area (Å²) in [6.45, 7) is 10.9. The maximum Gasteiger partial charge on any atom is 0.183 e. The van der Waals surface area contributed by atoms with Crippen molar-refractivity contribution < 1.29 is 0 Å². The van der Waals surface area contributed by atoms with Crippen molar-refractivity contribution in [3.05, 3.63) is 41.9 Å². The van der Waals surface area contributed by atoms with Crippen LogP contribution in [0, 0.1) is 28.1 Å². The number of fused-ring (bicyclic) bond motifs is 1. The molecule has 2 N–H and O–H groups in total. The van der Waals surface area contributed by atoms with Gasteiger partial charge in [0.25, 0.3) is 0 Å². The molecule has 0 spiro atoms. The Hall–Kier alpha value is -3.25. The largest absolute Gasteiger partial charge is 0.364 e. The Bertz CT molecular complexity index is 1060. The molecule has 0 fully saturated rings. The zero-order chi connectivity index (χ0) is 19.8. The van der Waals surface area contributed by atoms with Gasteiger partial charge in [-0.25, -0.2) is 4.98 Å². The van der Waals surface area contributed by atoms with Gasteiger partial charge < -0.3 is 10.3 Å². The van der Waals surface area contributed by atoms with E-state index in [1.54, 1.807) is 12.4 Å². The average molecular weight is 360 g/mol. The third-order valence-electron chi connectivity index (χ3n) is 4.34. The highest BCUT2D eigenvalue weighted by atomic mass is 15.2. The van der Waals surface area contributed by atoms with E-state index in [1.165, 1.54) is 0 Å². The summed E-state index contributed by atoms with van der Waals surface area (Å²) in [6.07, 6.45) is 2.57. The average Bonchev–Trinajstić information content (AvgIpc) is 3.12. The minimum Gasteiger partial charge on any atom is -0.364 e. The van der Waals surface area contributed by atoms with Gasteiger partial charge in [-0.05, 0) is 31.7 Å². The molecule has 6 heteroatoms. The minimum atomic E-state index is -0.208. The number of H-pyrrole nitrogens is 1. The molecular formula is C21H24N6. The van der Waals surface area contributed by atoms with Crippen LogP contribution in [0.25, 0.3) is 16.9 Å². The maximum atomic E-state index is 9.53. The SMILES string of the molecule is CC(C)(C)CC(C)(C)Nc1c(-c2ccccc2C#N)[nH]c2c(C#N)ncn12. The lowest BCUT2D eigenvalue weighted by Gasteiger charge is -2.34. The van der Waals surface area contributed by atoms with Crippen LogP contribution in [0.2, 0.25) is 0 Å². The van der Waals surface area contributed by atoms with E-state index < -0.39 is 0 Å². The zero-order valence-corrected chi connectivity index (χ0v) is 16.4. The molecular weight excluding hydrogens is 336 g/mol. The minimum absolute atomic E-state index is 0.142. The van der Waals surface area contributed by atoms with Gasteiger partial charge in [-0.2, -0.15) is 10.5 Å². The van der Waals surface area contributed by atoms with Crippen LogP contribution < -0.4 is 5.32 Å². The van der Waals surface area contributed by atoms with Crippen LogP contribution in [0.5, 0.6) is 0 Å². The lowest BCUT2D eigenvalue weighted by molar-refractivity contribution is 0.302. The molecule has 3 aromatic rings. The highest BCUT2D eigenvalue weighted by molar-refractivity contribution is 5.81. The van der Waals surface area contributed by atoms with Crippen LogP contribution in [0.1, 0.15) is 52.3 Å². The van der Waals surface area contributed by atoms with Crippen molar-refractivity contribution in [2.24, 2.45) is 5.41 Å². The molecule has 0 atom stereocenters. The fourth-order valence-corrected chi connectivity index (χ4v) is 3.82. The number of aromatic amines is 1. The Morgan fingerprint density at radius 3 is 2.44 bits per heavy atom. The molecule has 0 aliphatic rings. The summed E-state index contributed by atoms with van der Waals surface area (Å²) in [5, 5.41) is 22.5.